The summed E-state index contributed by atoms with van der Waals surface area (Å²) < 4.78 is 4.63. The maximum atomic E-state index is 3.54. The van der Waals surface area contributed by atoms with E-state index in [1.165, 1.54) is 28.1 Å². The minimum Gasteiger partial charge on any atom is -0.196 e. The van der Waals surface area contributed by atoms with E-state index in [0.29, 0.717) is 5.92 Å². The van der Waals surface area contributed by atoms with Gasteiger partial charge in [0.2, 0.25) is 5.69 Å². The summed E-state index contributed by atoms with van der Waals surface area (Å²) in [6.45, 7) is 7.74. The molecule has 0 bridgehead atoms. The van der Waals surface area contributed by atoms with Crippen molar-refractivity contribution < 1.29 is 4.57 Å². The van der Waals surface area contributed by atoms with E-state index in [4.69, 9.17) is 0 Å². The van der Waals surface area contributed by atoms with E-state index >= 15 is 0 Å². The summed E-state index contributed by atoms with van der Waals surface area (Å²) >= 11 is 7.06. The van der Waals surface area contributed by atoms with E-state index in [9.17, 15) is 0 Å². The fourth-order valence-corrected chi connectivity index (χ4v) is 3.56. The van der Waals surface area contributed by atoms with Crippen molar-refractivity contribution in [3.8, 4) is 22.4 Å². The number of aromatic nitrogens is 1. The van der Waals surface area contributed by atoms with E-state index in [-0.39, 0.29) is 0 Å². The molecule has 0 radical (unpaired) electrons. The molecule has 0 N–H and O–H groups in total. The van der Waals surface area contributed by atoms with Crippen molar-refractivity contribution in [1.82, 2.24) is 0 Å². The molecule has 2 aromatic carbocycles. The van der Waals surface area contributed by atoms with Crippen LogP contribution in [0.5, 0.6) is 0 Å². The first-order chi connectivity index (χ1) is 11.9. The molecule has 0 saturated carbocycles. The second kappa shape index (κ2) is 7.84. The van der Waals surface area contributed by atoms with Crippen LogP contribution in [0.2, 0.25) is 0 Å². The van der Waals surface area contributed by atoms with E-state index in [1.807, 2.05) is 0 Å². The van der Waals surface area contributed by atoms with Crippen molar-refractivity contribution in [2.75, 3.05) is 0 Å². The van der Waals surface area contributed by atoms with Gasteiger partial charge in [-0.2, -0.15) is 4.57 Å². The highest BCUT2D eigenvalue weighted by molar-refractivity contribution is 9.10. The van der Waals surface area contributed by atoms with Crippen LogP contribution >= 0.6 is 31.9 Å². The Balaban J connectivity index is 2.17. The molecule has 0 spiro atoms. The third kappa shape index (κ3) is 4.39. The van der Waals surface area contributed by atoms with Gasteiger partial charge in [0, 0.05) is 39.5 Å². The number of rotatable bonds is 4. The van der Waals surface area contributed by atoms with Crippen LogP contribution in [-0.2, 0) is 6.54 Å². The second-order valence-corrected chi connectivity index (χ2v) is 8.62. The van der Waals surface area contributed by atoms with E-state index in [1.54, 1.807) is 0 Å². The van der Waals surface area contributed by atoms with Gasteiger partial charge >= 0.3 is 0 Å². The minimum atomic E-state index is 0.594. The Labute approximate surface area is 167 Å². The molecule has 0 amide bonds. The molecule has 0 aliphatic heterocycles. The number of halogens is 2. The minimum absolute atomic E-state index is 0.594. The second-order valence-electron chi connectivity index (χ2n) is 6.79. The summed E-state index contributed by atoms with van der Waals surface area (Å²) in [4.78, 5) is 0. The maximum absolute atomic E-state index is 3.54. The lowest BCUT2D eigenvalue weighted by atomic mass is 10.0. The van der Waals surface area contributed by atoms with E-state index in [2.05, 4.69) is 118 Å². The SMILES string of the molecule is Cc1cc(-c2ccc(Br)cc2)cc(-c2ccc(Br)cc2)[n+]1CC(C)C. The number of nitrogens with zero attached hydrogens (tertiary/aromatic N) is 1. The van der Waals surface area contributed by atoms with Crippen molar-refractivity contribution >= 4 is 31.9 Å². The van der Waals surface area contributed by atoms with Crippen LogP contribution in [0.1, 0.15) is 19.5 Å². The molecule has 0 saturated heterocycles. The molecular formula is C22H22Br2N+. The first-order valence-corrected chi connectivity index (χ1v) is 10.1. The highest BCUT2D eigenvalue weighted by atomic mass is 79.9. The maximum Gasteiger partial charge on any atom is 0.213 e. The van der Waals surface area contributed by atoms with Crippen LogP contribution < -0.4 is 4.57 Å². The lowest BCUT2D eigenvalue weighted by Crippen LogP contribution is -2.41. The molecule has 3 rings (SSSR count). The molecule has 1 heterocycles. The zero-order valence-electron chi connectivity index (χ0n) is 14.8. The number of hydrogen-bond acceptors (Lipinski definition) is 0. The molecule has 0 aliphatic rings. The van der Waals surface area contributed by atoms with Crippen molar-refractivity contribution in [2.45, 2.75) is 27.3 Å². The van der Waals surface area contributed by atoms with Gasteiger partial charge in [0.25, 0.3) is 0 Å². The van der Waals surface area contributed by atoms with E-state index < -0.39 is 0 Å². The Morgan fingerprint density at radius 2 is 1.28 bits per heavy atom. The molecule has 0 atom stereocenters. The standard InChI is InChI=1S/C22H22Br2N/c1-15(2)14-25-16(3)12-19(17-4-8-20(23)9-5-17)13-22(25)18-6-10-21(24)11-7-18/h4-13,15H,14H2,1-3H3/q+1. The van der Waals surface area contributed by atoms with Gasteiger partial charge < -0.3 is 0 Å². The zero-order chi connectivity index (χ0) is 18.0. The van der Waals surface area contributed by atoms with Gasteiger partial charge in [0.15, 0.2) is 12.2 Å². The first-order valence-electron chi connectivity index (χ1n) is 8.50. The summed E-state index contributed by atoms with van der Waals surface area (Å²) in [5.41, 5.74) is 6.28. The van der Waals surface area contributed by atoms with Crippen molar-refractivity contribution in [2.24, 2.45) is 5.92 Å². The fraction of sp³-hybridized carbons (Fsp3) is 0.227. The third-order valence-corrected chi connectivity index (χ3v) is 5.30. The van der Waals surface area contributed by atoms with Gasteiger partial charge in [0.05, 0.1) is 0 Å². The molecule has 0 aliphatic carbocycles. The topological polar surface area (TPSA) is 3.88 Å². The van der Waals surface area contributed by atoms with Crippen LogP contribution in [0.4, 0.5) is 0 Å². The summed E-state index contributed by atoms with van der Waals surface area (Å²) in [5.74, 6) is 0.594. The average Bonchev–Trinajstić information content (AvgIpc) is 2.58. The van der Waals surface area contributed by atoms with Crippen LogP contribution in [0.15, 0.2) is 69.6 Å². The lowest BCUT2D eigenvalue weighted by Gasteiger charge is -2.12. The van der Waals surface area contributed by atoms with Gasteiger partial charge in [0.1, 0.15) is 0 Å². The number of hydrogen-bond donors (Lipinski definition) is 0. The van der Waals surface area contributed by atoms with Crippen LogP contribution in [0, 0.1) is 12.8 Å². The van der Waals surface area contributed by atoms with Gasteiger partial charge in [-0.3, -0.25) is 0 Å². The quantitative estimate of drug-likeness (QED) is 0.377. The Bertz CT molecular complexity index is 866. The largest absolute Gasteiger partial charge is 0.213 e. The first kappa shape index (κ1) is 18.3. The molecule has 25 heavy (non-hydrogen) atoms. The van der Waals surface area contributed by atoms with Gasteiger partial charge in [-0.25, -0.2) is 0 Å². The summed E-state index contributed by atoms with van der Waals surface area (Å²) in [5, 5.41) is 0. The number of pyridine rings is 1. The molecule has 3 aromatic rings. The smallest absolute Gasteiger partial charge is 0.196 e. The monoisotopic (exact) mass is 458 g/mol. The third-order valence-electron chi connectivity index (χ3n) is 4.24. The molecule has 3 heteroatoms. The van der Waals surface area contributed by atoms with Gasteiger partial charge in [-0.05, 0) is 47.5 Å². The predicted molar refractivity (Wildman–Crippen MR) is 112 cm³/mol. The van der Waals surface area contributed by atoms with Gasteiger partial charge in [-0.1, -0.05) is 57.8 Å². The Kier molecular flexibility index (Phi) is 5.75. The normalized spacial score (nSPS) is 11.1. The summed E-state index contributed by atoms with van der Waals surface area (Å²) in [6, 6.07) is 21.7. The van der Waals surface area contributed by atoms with Crippen LogP contribution in [0.25, 0.3) is 22.4 Å². The highest BCUT2D eigenvalue weighted by Crippen LogP contribution is 2.27. The zero-order valence-corrected chi connectivity index (χ0v) is 17.9. The van der Waals surface area contributed by atoms with Crippen molar-refractivity contribution in [3.05, 3.63) is 75.3 Å². The Morgan fingerprint density at radius 1 is 0.760 bits per heavy atom. The molecule has 1 aromatic heterocycles. The molecular weight excluding hydrogens is 438 g/mol. The summed E-state index contributed by atoms with van der Waals surface area (Å²) in [6.07, 6.45) is 0. The van der Waals surface area contributed by atoms with Gasteiger partial charge in [-0.15, -0.1) is 0 Å². The molecule has 0 unspecified atom stereocenters. The highest BCUT2D eigenvalue weighted by Gasteiger charge is 2.19. The number of aryl methyl sites for hydroxylation is 1. The Morgan fingerprint density at radius 3 is 1.80 bits per heavy atom. The van der Waals surface area contributed by atoms with Crippen molar-refractivity contribution in [3.63, 3.8) is 0 Å². The predicted octanol–water partition coefficient (Wildman–Crippen LogP) is 6.80. The molecule has 128 valence electrons. The molecule has 1 nitrogen and oxygen atoms in total. The van der Waals surface area contributed by atoms with Crippen molar-refractivity contribution in [1.29, 1.82) is 0 Å². The van der Waals surface area contributed by atoms with Crippen LogP contribution in [-0.4, -0.2) is 0 Å². The molecule has 0 fully saturated rings. The summed E-state index contributed by atoms with van der Waals surface area (Å²) in [7, 11) is 0. The fourth-order valence-electron chi connectivity index (χ4n) is 3.04. The number of benzene rings is 2. The average molecular weight is 460 g/mol. The Hall–Kier alpha value is -1.45. The van der Waals surface area contributed by atoms with E-state index in [0.717, 1.165) is 15.5 Å². The van der Waals surface area contributed by atoms with Crippen LogP contribution in [0.3, 0.4) is 0 Å². The lowest BCUT2D eigenvalue weighted by molar-refractivity contribution is -0.697.